The van der Waals surface area contributed by atoms with Crippen molar-refractivity contribution in [2.75, 3.05) is 4.72 Å². The van der Waals surface area contributed by atoms with E-state index in [0.29, 0.717) is 5.56 Å². The summed E-state index contributed by atoms with van der Waals surface area (Å²) in [5.74, 6) is 0. The number of nitro groups is 1. The molecule has 0 saturated heterocycles. The molecule has 0 heterocycles. The summed E-state index contributed by atoms with van der Waals surface area (Å²) in [5, 5.41) is 11.8. The average Bonchev–Trinajstić information content (AvgIpc) is 2.48. The molecule has 0 radical (unpaired) electrons. The minimum Gasteiger partial charge on any atom is -0.280 e. The second-order valence-corrected chi connectivity index (χ2v) is 6.18. The summed E-state index contributed by atoms with van der Waals surface area (Å²) in [6, 6.07) is 13.0. The molecular weight excluding hydrogens is 304 g/mol. The quantitative estimate of drug-likeness (QED) is 0.676. The number of anilines is 1. The number of nitrogens with one attached hydrogen (secondary N) is 1. The van der Waals surface area contributed by atoms with E-state index < -0.39 is 14.9 Å². The Morgan fingerprint density at radius 3 is 2.45 bits per heavy atom. The van der Waals surface area contributed by atoms with Crippen molar-refractivity contribution >= 4 is 27.5 Å². The van der Waals surface area contributed by atoms with Gasteiger partial charge >= 0.3 is 0 Å². The number of nitro benzene ring substituents is 1. The molecule has 0 atom stereocenters. The fourth-order valence-electron chi connectivity index (χ4n) is 1.75. The van der Waals surface area contributed by atoms with Gasteiger partial charge in [-0.05, 0) is 24.1 Å². The molecule has 0 saturated carbocycles. The molecule has 7 heteroatoms. The van der Waals surface area contributed by atoms with Gasteiger partial charge in [0.15, 0.2) is 0 Å². The maximum absolute atomic E-state index is 12.0. The van der Waals surface area contributed by atoms with Crippen LogP contribution in [0.3, 0.4) is 0 Å². The molecule has 2 rings (SSSR count). The Bertz CT molecular complexity index is 815. The Hall–Kier alpha value is -2.67. The lowest BCUT2D eigenvalue weighted by Crippen LogP contribution is -2.10. The average molecular weight is 318 g/mol. The van der Waals surface area contributed by atoms with Gasteiger partial charge in [0.2, 0.25) is 0 Å². The second kappa shape index (κ2) is 6.40. The Kier molecular flexibility index (Phi) is 4.57. The molecule has 0 aromatic heterocycles. The van der Waals surface area contributed by atoms with Gasteiger partial charge in [-0.2, -0.15) is 0 Å². The lowest BCUT2D eigenvalue weighted by molar-refractivity contribution is -0.384. The highest BCUT2D eigenvalue weighted by Crippen LogP contribution is 2.23. The van der Waals surface area contributed by atoms with Crippen molar-refractivity contribution in [3.63, 3.8) is 0 Å². The van der Waals surface area contributed by atoms with E-state index in [-0.39, 0.29) is 11.4 Å². The minimum absolute atomic E-state index is 0.171. The smallest absolute Gasteiger partial charge is 0.271 e. The van der Waals surface area contributed by atoms with E-state index in [1.165, 1.54) is 24.3 Å². The van der Waals surface area contributed by atoms with E-state index in [9.17, 15) is 18.5 Å². The van der Waals surface area contributed by atoms with Crippen molar-refractivity contribution in [2.45, 2.75) is 6.92 Å². The fraction of sp³-hybridized carbons (Fsp3) is 0.0667. The van der Waals surface area contributed by atoms with Crippen LogP contribution in [-0.2, 0) is 10.0 Å². The van der Waals surface area contributed by atoms with Crippen molar-refractivity contribution in [1.82, 2.24) is 0 Å². The normalized spacial score (nSPS) is 11.5. The predicted molar refractivity (Wildman–Crippen MR) is 85.9 cm³/mol. The second-order valence-electron chi connectivity index (χ2n) is 4.62. The Morgan fingerprint density at radius 2 is 1.82 bits per heavy atom. The zero-order chi connectivity index (χ0) is 16.2. The van der Waals surface area contributed by atoms with Crippen LogP contribution < -0.4 is 4.72 Å². The molecule has 6 nitrogen and oxygen atoms in total. The molecule has 0 bridgehead atoms. The van der Waals surface area contributed by atoms with Crippen LogP contribution in [0.1, 0.15) is 11.1 Å². The third-order valence-corrected chi connectivity index (χ3v) is 3.92. The van der Waals surface area contributed by atoms with Crippen LogP contribution in [0.2, 0.25) is 0 Å². The standard InChI is InChI=1S/C15H14N2O4S/c1-12-7-8-14(17(18)19)11-15(12)16-22(20,21)10-9-13-5-3-2-4-6-13/h2-11,16H,1H3/b10-9+. The molecular formula is C15H14N2O4S. The number of non-ortho nitro benzene ring substituents is 1. The van der Waals surface area contributed by atoms with Gasteiger partial charge in [0.1, 0.15) is 0 Å². The number of nitrogens with zero attached hydrogens (tertiary/aromatic N) is 1. The number of benzene rings is 2. The molecule has 0 spiro atoms. The molecule has 0 aliphatic carbocycles. The van der Waals surface area contributed by atoms with E-state index in [2.05, 4.69) is 4.72 Å². The number of sulfonamides is 1. The molecule has 0 amide bonds. The maximum atomic E-state index is 12.0. The summed E-state index contributed by atoms with van der Waals surface area (Å²) in [6.45, 7) is 1.67. The first-order chi connectivity index (χ1) is 10.4. The third-order valence-electron chi connectivity index (χ3n) is 2.92. The van der Waals surface area contributed by atoms with Crippen LogP contribution in [0.4, 0.5) is 11.4 Å². The summed E-state index contributed by atoms with van der Waals surface area (Å²) in [4.78, 5) is 10.2. The molecule has 0 aliphatic rings. The lowest BCUT2D eigenvalue weighted by Gasteiger charge is -2.07. The first-order valence-electron chi connectivity index (χ1n) is 6.38. The highest BCUT2D eigenvalue weighted by molar-refractivity contribution is 7.95. The summed E-state index contributed by atoms with van der Waals surface area (Å²) in [5.41, 5.74) is 1.35. The Morgan fingerprint density at radius 1 is 1.14 bits per heavy atom. The van der Waals surface area contributed by atoms with Crippen LogP contribution in [0.25, 0.3) is 6.08 Å². The fourth-order valence-corrected chi connectivity index (χ4v) is 2.68. The molecule has 22 heavy (non-hydrogen) atoms. The van der Waals surface area contributed by atoms with Crippen LogP contribution in [-0.4, -0.2) is 13.3 Å². The third kappa shape index (κ3) is 4.16. The summed E-state index contributed by atoms with van der Waals surface area (Å²) < 4.78 is 26.4. The van der Waals surface area contributed by atoms with Crippen LogP contribution in [0.5, 0.6) is 0 Å². The number of hydrogen-bond acceptors (Lipinski definition) is 4. The summed E-state index contributed by atoms with van der Waals surface area (Å²) in [7, 11) is -3.75. The van der Waals surface area contributed by atoms with Crippen LogP contribution >= 0.6 is 0 Å². The number of rotatable bonds is 5. The number of aryl methyl sites for hydroxylation is 1. The van der Waals surface area contributed by atoms with Gasteiger partial charge in [-0.1, -0.05) is 36.4 Å². The van der Waals surface area contributed by atoms with E-state index >= 15 is 0 Å². The Labute approximate surface area is 128 Å². The van der Waals surface area contributed by atoms with E-state index in [4.69, 9.17) is 0 Å². The first-order valence-corrected chi connectivity index (χ1v) is 7.93. The van der Waals surface area contributed by atoms with Gasteiger partial charge in [-0.15, -0.1) is 0 Å². The van der Waals surface area contributed by atoms with Crippen LogP contribution in [0, 0.1) is 17.0 Å². The topological polar surface area (TPSA) is 89.3 Å². The summed E-state index contributed by atoms with van der Waals surface area (Å²) >= 11 is 0. The predicted octanol–water partition coefficient (Wildman–Crippen LogP) is 3.32. The van der Waals surface area contributed by atoms with E-state index in [0.717, 1.165) is 11.0 Å². The Balaban J connectivity index is 2.24. The maximum Gasteiger partial charge on any atom is 0.271 e. The SMILES string of the molecule is Cc1ccc([N+](=O)[O-])cc1NS(=O)(=O)/C=C/c1ccccc1. The van der Waals surface area contributed by atoms with Crippen LogP contribution in [0.15, 0.2) is 53.9 Å². The van der Waals surface area contributed by atoms with Gasteiger partial charge in [0.05, 0.1) is 16.0 Å². The van der Waals surface area contributed by atoms with Crippen molar-refractivity contribution in [3.05, 3.63) is 75.2 Å². The van der Waals surface area contributed by atoms with Gasteiger partial charge in [-0.3, -0.25) is 14.8 Å². The zero-order valence-corrected chi connectivity index (χ0v) is 12.6. The first kappa shape index (κ1) is 15.7. The van der Waals surface area contributed by atoms with Crippen molar-refractivity contribution in [1.29, 1.82) is 0 Å². The van der Waals surface area contributed by atoms with Crippen molar-refractivity contribution in [2.24, 2.45) is 0 Å². The largest absolute Gasteiger partial charge is 0.280 e. The summed E-state index contributed by atoms with van der Waals surface area (Å²) in [6.07, 6.45) is 1.45. The zero-order valence-electron chi connectivity index (χ0n) is 11.8. The molecule has 0 unspecified atom stereocenters. The van der Waals surface area contributed by atoms with Gasteiger partial charge in [-0.25, -0.2) is 8.42 Å². The van der Waals surface area contributed by atoms with Gasteiger partial charge < -0.3 is 0 Å². The monoisotopic (exact) mass is 318 g/mol. The van der Waals surface area contributed by atoms with Gasteiger partial charge in [0.25, 0.3) is 15.7 Å². The van der Waals surface area contributed by atoms with Crippen molar-refractivity contribution < 1.29 is 13.3 Å². The minimum atomic E-state index is -3.75. The van der Waals surface area contributed by atoms with Gasteiger partial charge in [0, 0.05) is 12.1 Å². The number of hydrogen-bond donors (Lipinski definition) is 1. The molecule has 0 aliphatic heterocycles. The molecule has 1 N–H and O–H groups in total. The highest BCUT2D eigenvalue weighted by atomic mass is 32.2. The molecule has 2 aromatic rings. The van der Waals surface area contributed by atoms with E-state index in [1.807, 2.05) is 6.07 Å². The molecule has 0 fully saturated rings. The molecule has 2 aromatic carbocycles. The van der Waals surface area contributed by atoms with Crippen molar-refractivity contribution in [3.8, 4) is 0 Å². The highest BCUT2D eigenvalue weighted by Gasteiger charge is 2.12. The lowest BCUT2D eigenvalue weighted by atomic mass is 10.2. The van der Waals surface area contributed by atoms with E-state index in [1.54, 1.807) is 31.2 Å². The molecule has 114 valence electrons.